The normalized spacial score (nSPS) is 10.2. The fraction of sp³-hybridized carbons (Fsp3) is 0.400. The third kappa shape index (κ3) is 3.74. The standard InChI is InChI=1S/C10H13Cl2NO/c1-2-14-6-5-13-10-4-3-8(11)7-9(10)12/h3-4,7,13H,2,5-6H2,1H3. The van der Waals surface area contributed by atoms with E-state index in [2.05, 4.69) is 5.32 Å². The summed E-state index contributed by atoms with van der Waals surface area (Å²) in [6.45, 7) is 4.12. The SMILES string of the molecule is CCOCCNc1ccc(Cl)cc1Cl. The third-order valence-electron chi connectivity index (χ3n) is 1.70. The molecular formula is C10H13Cl2NO. The molecule has 1 rings (SSSR count). The van der Waals surface area contributed by atoms with Crippen LogP contribution in [0.2, 0.25) is 10.0 Å². The second-order valence-corrected chi connectivity index (χ2v) is 3.59. The van der Waals surface area contributed by atoms with E-state index in [9.17, 15) is 0 Å². The molecule has 1 N–H and O–H groups in total. The maximum atomic E-state index is 5.95. The summed E-state index contributed by atoms with van der Waals surface area (Å²) >= 11 is 11.7. The zero-order valence-electron chi connectivity index (χ0n) is 8.02. The number of rotatable bonds is 5. The first kappa shape index (κ1) is 11.6. The molecule has 0 saturated heterocycles. The van der Waals surface area contributed by atoms with Gasteiger partial charge in [0.15, 0.2) is 0 Å². The second kappa shape index (κ2) is 6.12. The number of halogens is 2. The topological polar surface area (TPSA) is 21.3 Å². The van der Waals surface area contributed by atoms with E-state index in [0.29, 0.717) is 16.7 Å². The highest BCUT2D eigenvalue weighted by Crippen LogP contribution is 2.24. The van der Waals surface area contributed by atoms with Gasteiger partial charge in [0.25, 0.3) is 0 Å². The van der Waals surface area contributed by atoms with Gasteiger partial charge in [-0.15, -0.1) is 0 Å². The first-order valence-electron chi connectivity index (χ1n) is 4.50. The smallest absolute Gasteiger partial charge is 0.0652 e. The lowest BCUT2D eigenvalue weighted by atomic mass is 10.3. The summed E-state index contributed by atoms with van der Waals surface area (Å²) in [6.07, 6.45) is 0. The first-order valence-corrected chi connectivity index (χ1v) is 5.26. The Bertz CT molecular complexity index is 291. The molecule has 0 bridgehead atoms. The van der Waals surface area contributed by atoms with Crippen LogP contribution in [0.15, 0.2) is 18.2 Å². The predicted molar refractivity (Wildman–Crippen MR) is 61.4 cm³/mol. The summed E-state index contributed by atoms with van der Waals surface area (Å²) in [6, 6.07) is 5.37. The molecule has 0 unspecified atom stereocenters. The van der Waals surface area contributed by atoms with Crippen molar-refractivity contribution in [2.75, 3.05) is 25.1 Å². The molecule has 0 fully saturated rings. The Hall–Kier alpha value is -0.440. The molecule has 2 nitrogen and oxygen atoms in total. The van der Waals surface area contributed by atoms with Gasteiger partial charge in [-0.25, -0.2) is 0 Å². The first-order chi connectivity index (χ1) is 6.74. The van der Waals surface area contributed by atoms with Crippen LogP contribution in [0.3, 0.4) is 0 Å². The molecule has 0 radical (unpaired) electrons. The van der Waals surface area contributed by atoms with E-state index in [0.717, 1.165) is 18.8 Å². The molecular weight excluding hydrogens is 221 g/mol. The molecule has 0 amide bonds. The van der Waals surface area contributed by atoms with E-state index >= 15 is 0 Å². The Balaban J connectivity index is 2.42. The van der Waals surface area contributed by atoms with E-state index in [1.807, 2.05) is 13.0 Å². The van der Waals surface area contributed by atoms with Crippen LogP contribution >= 0.6 is 23.2 Å². The van der Waals surface area contributed by atoms with Crippen LogP contribution in [-0.2, 0) is 4.74 Å². The summed E-state index contributed by atoms with van der Waals surface area (Å²) in [7, 11) is 0. The quantitative estimate of drug-likeness (QED) is 0.788. The predicted octanol–water partition coefficient (Wildman–Crippen LogP) is 3.44. The summed E-state index contributed by atoms with van der Waals surface area (Å²) in [5.74, 6) is 0. The van der Waals surface area contributed by atoms with Crippen molar-refractivity contribution in [2.45, 2.75) is 6.92 Å². The molecule has 0 aliphatic rings. The van der Waals surface area contributed by atoms with Crippen molar-refractivity contribution in [3.05, 3.63) is 28.2 Å². The molecule has 1 aromatic rings. The monoisotopic (exact) mass is 233 g/mol. The maximum Gasteiger partial charge on any atom is 0.0652 e. The minimum absolute atomic E-state index is 0.633. The number of ether oxygens (including phenoxy) is 1. The van der Waals surface area contributed by atoms with Crippen LogP contribution in [0, 0.1) is 0 Å². The van der Waals surface area contributed by atoms with E-state index in [1.54, 1.807) is 12.1 Å². The van der Waals surface area contributed by atoms with Crippen LogP contribution in [0.4, 0.5) is 5.69 Å². The van der Waals surface area contributed by atoms with Crippen molar-refractivity contribution >= 4 is 28.9 Å². The van der Waals surface area contributed by atoms with Gasteiger partial charge in [-0.05, 0) is 25.1 Å². The van der Waals surface area contributed by atoms with E-state index in [1.165, 1.54) is 0 Å². The number of hydrogen-bond donors (Lipinski definition) is 1. The van der Waals surface area contributed by atoms with Crippen molar-refractivity contribution < 1.29 is 4.74 Å². The molecule has 1 aromatic carbocycles. The fourth-order valence-electron chi connectivity index (χ4n) is 1.04. The average Bonchev–Trinajstić information content (AvgIpc) is 2.15. The van der Waals surface area contributed by atoms with Gasteiger partial charge < -0.3 is 10.1 Å². The molecule has 14 heavy (non-hydrogen) atoms. The van der Waals surface area contributed by atoms with Crippen molar-refractivity contribution in [1.29, 1.82) is 0 Å². The van der Waals surface area contributed by atoms with E-state index in [4.69, 9.17) is 27.9 Å². The largest absolute Gasteiger partial charge is 0.382 e. The van der Waals surface area contributed by atoms with Crippen molar-refractivity contribution in [1.82, 2.24) is 0 Å². The highest BCUT2D eigenvalue weighted by molar-refractivity contribution is 6.36. The van der Waals surface area contributed by atoms with Gasteiger partial charge in [-0.1, -0.05) is 23.2 Å². The highest BCUT2D eigenvalue weighted by Gasteiger charge is 1.99. The van der Waals surface area contributed by atoms with Crippen molar-refractivity contribution in [2.24, 2.45) is 0 Å². The van der Waals surface area contributed by atoms with Gasteiger partial charge in [0, 0.05) is 18.2 Å². The number of anilines is 1. The molecule has 0 heterocycles. The third-order valence-corrected chi connectivity index (χ3v) is 2.24. The molecule has 0 spiro atoms. The zero-order valence-corrected chi connectivity index (χ0v) is 9.53. The summed E-state index contributed by atoms with van der Waals surface area (Å²) in [5, 5.41) is 4.44. The van der Waals surface area contributed by atoms with Gasteiger partial charge in [-0.2, -0.15) is 0 Å². The van der Waals surface area contributed by atoms with Gasteiger partial charge in [0.1, 0.15) is 0 Å². The van der Waals surface area contributed by atoms with E-state index < -0.39 is 0 Å². The van der Waals surface area contributed by atoms with Gasteiger partial charge >= 0.3 is 0 Å². The Labute approximate surface area is 94.2 Å². The molecule has 4 heteroatoms. The molecule has 0 saturated carbocycles. The number of hydrogen-bond acceptors (Lipinski definition) is 2. The van der Waals surface area contributed by atoms with Crippen molar-refractivity contribution in [3.63, 3.8) is 0 Å². The van der Waals surface area contributed by atoms with Crippen LogP contribution < -0.4 is 5.32 Å². The molecule has 78 valence electrons. The highest BCUT2D eigenvalue weighted by atomic mass is 35.5. The number of benzene rings is 1. The molecule has 0 atom stereocenters. The second-order valence-electron chi connectivity index (χ2n) is 2.75. The summed E-state index contributed by atoms with van der Waals surface area (Å²) in [5.41, 5.74) is 0.885. The Morgan fingerprint density at radius 3 is 2.79 bits per heavy atom. The van der Waals surface area contributed by atoms with Crippen LogP contribution in [0.5, 0.6) is 0 Å². The Kier molecular flexibility index (Phi) is 5.09. The minimum atomic E-state index is 0.633. The zero-order chi connectivity index (χ0) is 10.4. The van der Waals surface area contributed by atoms with Crippen LogP contribution in [0.1, 0.15) is 6.92 Å². The lowest BCUT2D eigenvalue weighted by Gasteiger charge is -2.08. The summed E-state index contributed by atoms with van der Waals surface area (Å²) in [4.78, 5) is 0. The van der Waals surface area contributed by atoms with Crippen LogP contribution in [-0.4, -0.2) is 19.8 Å². The molecule has 0 aliphatic heterocycles. The summed E-state index contributed by atoms with van der Waals surface area (Å²) < 4.78 is 5.19. The van der Waals surface area contributed by atoms with E-state index in [-0.39, 0.29) is 0 Å². The molecule has 0 aromatic heterocycles. The molecule has 0 aliphatic carbocycles. The van der Waals surface area contributed by atoms with Gasteiger partial charge in [-0.3, -0.25) is 0 Å². The average molecular weight is 234 g/mol. The van der Waals surface area contributed by atoms with Gasteiger partial charge in [0.2, 0.25) is 0 Å². The Morgan fingerprint density at radius 1 is 1.36 bits per heavy atom. The van der Waals surface area contributed by atoms with Crippen LogP contribution in [0.25, 0.3) is 0 Å². The minimum Gasteiger partial charge on any atom is -0.382 e. The van der Waals surface area contributed by atoms with Gasteiger partial charge in [0.05, 0.1) is 17.3 Å². The fourth-order valence-corrected chi connectivity index (χ4v) is 1.51. The number of nitrogens with one attached hydrogen (secondary N) is 1. The lowest BCUT2D eigenvalue weighted by Crippen LogP contribution is -2.09. The Morgan fingerprint density at radius 2 is 2.14 bits per heavy atom. The van der Waals surface area contributed by atoms with Crippen molar-refractivity contribution in [3.8, 4) is 0 Å². The lowest BCUT2D eigenvalue weighted by molar-refractivity contribution is 0.158. The maximum absolute atomic E-state index is 5.95.